The summed E-state index contributed by atoms with van der Waals surface area (Å²) in [4.78, 5) is 15.4. The molecule has 0 radical (unpaired) electrons. The molecule has 0 aliphatic carbocycles. The van der Waals surface area contributed by atoms with E-state index in [-0.39, 0.29) is 5.91 Å². The number of amides is 1. The minimum atomic E-state index is -0.0803. The Morgan fingerprint density at radius 3 is 2.65 bits per heavy atom. The monoisotopic (exact) mass is 391 g/mol. The molecule has 0 unspecified atom stereocenters. The molecule has 0 saturated heterocycles. The van der Waals surface area contributed by atoms with E-state index in [0.717, 1.165) is 13.7 Å². The van der Waals surface area contributed by atoms with Gasteiger partial charge in [-0.25, -0.2) is 0 Å². The molecule has 106 valence electrons. The molecular weight excluding hydrogens is 381 g/mol. The molecule has 1 heterocycles. The molecule has 20 heavy (non-hydrogen) atoms. The number of halogens is 3. The Morgan fingerprint density at radius 2 is 2.05 bits per heavy atom. The third kappa shape index (κ3) is 3.76. The van der Waals surface area contributed by atoms with Gasteiger partial charge >= 0.3 is 0 Å². The maximum atomic E-state index is 12.6. The number of hydrogen-bond acceptors (Lipinski definition) is 2. The van der Waals surface area contributed by atoms with Crippen molar-refractivity contribution < 1.29 is 4.79 Å². The Bertz CT molecular complexity index is 629. The average Bonchev–Trinajstić information content (AvgIpc) is 2.83. The first-order chi connectivity index (χ1) is 9.51. The zero-order valence-corrected chi connectivity index (χ0v) is 14.6. The second-order valence-corrected chi connectivity index (χ2v) is 7.27. The van der Waals surface area contributed by atoms with Crippen LogP contribution in [0.1, 0.15) is 22.2 Å². The zero-order chi connectivity index (χ0) is 14.7. The van der Waals surface area contributed by atoms with E-state index in [9.17, 15) is 4.79 Å². The van der Waals surface area contributed by atoms with E-state index >= 15 is 0 Å². The van der Waals surface area contributed by atoms with Gasteiger partial charge < -0.3 is 4.90 Å². The second kappa shape index (κ2) is 6.94. The number of nitrogens with zero attached hydrogens (tertiary/aromatic N) is 1. The Morgan fingerprint density at radius 1 is 1.30 bits per heavy atom. The maximum absolute atomic E-state index is 12.6. The van der Waals surface area contributed by atoms with Crippen molar-refractivity contribution in [1.82, 2.24) is 4.90 Å². The lowest BCUT2D eigenvalue weighted by Gasteiger charge is -2.21. The first-order valence-corrected chi connectivity index (χ1v) is 8.36. The van der Waals surface area contributed by atoms with Gasteiger partial charge in [-0.2, -0.15) is 0 Å². The molecule has 0 N–H and O–H groups in total. The molecule has 1 aromatic carbocycles. The molecule has 1 amide bonds. The van der Waals surface area contributed by atoms with E-state index in [4.69, 9.17) is 23.2 Å². The summed E-state index contributed by atoms with van der Waals surface area (Å²) in [5, 5.41) is 0.459. The lowest BCUT2D eigenvalue weighted by atomic mass is 10.2. The standard InChI is InChI=1S/C14H12BrCl2NOS/c1-2-18(8-10-4-6-13(17)20-10)14(19)11-7-9(15)3-5-12(11)16/h3-7H,2,8H2,1H3. The van der Waals surface area contributed by atoms with Crippen molar-refractivity contribution in [2.24, 2.45) is 0 Å². The topological polar surface area (TPSA) is 20.3 Å². The van der Waals surface area contributed by atoms with Crippen molar-refractivity contribution in [1.29, 1.82) is 0 Å². The van der Waals surface area contributed by atoms with Gasteiger partial charge in [-0.3, -0.25) is 4.79 Å². The average molecular weight is 393 g/mol. The quantitative estimate of drug-likeness (QED) is 0.674. The van der Waals surface area contributed by atoms with Gasteiger partial charge in [-0.1, -0.05) is 39.1 Å². The Hall–Kier alpha value is -0.550. The van der Waals surface area contributed by atoms with Crippen LogP contribution in [-0.2, 0) is 6.54 Å². The van der Waals surface area contributed by atoms with Crippen molar-refractivity contribution >= 4 is 56.4 Å². The summed E-state index contributed by atoms with van der Waals surface area (Å²) in [7, 11) is 0. The van der Waals surface area contributed by atoms with Crippen molar-refractivity contribution in [3.8, 4) is 0 Å². The van der Waals surface area contributed by atoms with E-state index in [1.54, 1.807) is 17.0 Å². The van der Waals surface area contributed by atoms with Gasteiger partial charge in [0.05, 0.1) is 21.5 Å². The van der Waals surface area contributed by atoms with Gasteiger partial charge in [-0.05, 0) is 37.3 Å². The zero-order valence-electron chi connectivity index (χ0n) is 10.7. The van der Waals surface area contributed by atoms with Crippen molar-refractivity contribution in [2.45, 2.75) is 13.5 Å². The Balaban J connectivity index is 2.22. The highest BCUT2D eigenvalue weighted by Gasteiger charge is 2.18. The molecule has 0 saturated carbocycles. The largest absolute Gasteiger partial charge is 0.334 e. The van der Waals surface area contributed by atoms with E-state index in [1.807, 2.05) is 25.1 Å². The highest BCUT2D eigenvalue weighted by Crippen LogP contribution is 2.26. The number of benzene rings is 1. The van der Waals surface area contributed by atoms with Crippen molar-refractivity contribution in [3.05, 3.63) is 54.6 Å². The van der Waals surface area contributed by atoms with E-state index in [0.29, 0.717) is 23.7 Å². The van der Waals surface area contributed by atoms with Crippen LogP contribution in [0, 0.1) is 0 Å². The molecule has 6 heteroatoms. The predicted octanol–water partition coefficient (Wildman–Crippen LogP) is 5.48. The molecular formula is C14H12BrCl2NOS. The smallest absolute Gasteiger partial charge is 0.255 e. The van der Waals surface area contributed by atoms with Crippen LogP contribution < -0.4 is 0 Å². The van der Waals surface area contributed by atoms with Crippen LogP contribution in [0.15, 0.2) is 34.8 Å². The molecule has 0 atom stereocenters. The van der Waals surface area contributed by atoms with Gasteiger partial charge in [0.2, 0.25) is 0 Å². The van der Waals surface area contributed by atoms with Crippen LogP contribution in [0.4, 0.5) is 0 Å². The number of carbonyl (C=O) groups is 1. The van der Waals surface area contributed by atoms with E-state index in [2.05, 4.69) is 15.9 Å². The molecule has 0 aliphatic heterocycles. The first-order valence-electron chi connectivity index (χ1n) is 5.99. The SMILES string of the molecule is CCN(Cc1ccc(Cl)s1)C(=O)c1cc(Br)ccc1Cl. The summed E-state index contributed by atoms with van der Waals surface area (Å²) in [6.07, 6.45) is 0. The summed E-state index contributed by atoms with van der Waals surface area (Å²) in [6, 6.07) is 9.05. The molecule has 0 aliphatic rings. The fourth-order valence-corrected chi connectivity index (χ4v) is 3.45. The summed E-state index contributed by atoms with van der Waals surface area (Å²) in [5.41, 5.74) is 0.505. The summed E-state index contributed by atoms with van der Waals surface area (Å²) < 4.78 is 1.56. The van der Waals surface area contributed by atoms with Crippen LogP contribution in [0.2, 0.25) is 9.36 Å². The number of thiophene rings is 1. The van der Waals surface area contributed by atoms with Gasteiger partial charge in [-0.15, -0.1) is 11.3 Å². The highest BCUT2D eigenvalue weighted by molar-refractivity contribution is 9.10. The molecule has 2 aromatic rings. The molecule has 0 bridgehead atoms. The molecule has 2 rings (SSSR count). The fraction of sp³-hybridized carbons (Fsp3) is 0.214. The third-order valence-electron chi connectivity index (χ3n) is 2.80. The van der Waals surface area contributed by atoms with Gasteiger partial charge in [0.25, 0.3) is 5.91 Å². The maximum Gasteiger partial charge on any atom is 0.255 e. The molecule has 0 spiro atoms. The number of hydrogen-bond donors (Lipinski definition) is 0. The van der Waals surface area contributed by atoms with Gasteiger partial charge in [0.15, 0.2) is 0 Å². The minimum Gasteiger partial charge on any atom is -0.334 e. The van der Waals surface area contributed by atoms with E-state index < -0.39 is 0 Å². The summed E-state index contributed by atoms with van der Waals surface area (Å²) in [5.74, 6) is -0.0803. The summed E-state index contributed by atoms with van der Waals surface area (Å²) >= 11 is 16.9. The van der Waals surface area contributed by atoms with E-state index in [1.165, 1.54) is 11.3 Å². The summed E-state index contributed by atoms with van der Waals surface area (Å²) in [6.45, 7) is 3.09. The highest BCUT2D eigenvalue weighted by atomic mass is 79.9. The van der Waals surface area contributed by atoms with Gasteiger partial charge in [0.1, 0.15) is 0 Å². The van der Waals surface area contributed by atoms with Crippen molar-refractivity contribution in [2.75, 3.05) is 6.54 Å². The van der Waals surface area contributed by atoms with Crippen LogP contribution in [-0.4, -0.2) is 17.4 Å². The lowest BCUT2D eigenvalue weighted by molar-refractivity contribution is 0.0754. The molecule has 1 aromatic heterocycles. The van der Waals surface area contributed by atoms with Crippen LogP contribution in [0.5, 0.6) is 0 Å². The van der Waals surface area contributed by atoms with Crippen molar-refractivity contribution in [3.63, 3.8) is 0 Å². The Kier molecular flexibility index (Phi) is 5.49. The number of rotatable bonds is 4. The van der Waals surface area contributed by atoms with Crippen LogP contribution in [0.3, 0.4) is 0 Å². The van der Waals surface area contributed by atoms with Gasteiger partial charge in [0, 0.05) is 15.9 Å². The van der Waals surface area contributed by atoms with Crippen LogP contribution >= 0.6 is 50.5 Å². The third-order valence-corrected chi connectivity index (χ3v) is 4.84. The molecule has 0 fully saturated rings. The normalized spacial score (nSPS) is 10.6. The van der Waals surface area contributed by atoms with Crippen LogP contribution in [0.25, 0.3) is 0 Å². The first kappa shape index (κ1) is 15.8. The molecule has 2 nitrogen and oxygen atoms in total. The lowest BCUT2D eigenvalue weighted by Crippen LogP contribution is -2.30. The number of carbonyl (C=O) groups excluding carboxylic acids is 1. The minimum absolute atomic E-state index is 0.0803. The fourth-order valence-electron chi connectivity index (χ4n) is 1.78. The predicted molar refractivity (Wildman–Crippen MR) is 88.9 cm³/mol. The Labute approximate surface area is 140 Å². The second-order valence-electron chi connectivity index (χ2n) is 4.15.